The molecule has 0 aromatic carbocycles. The third-order valence-electron chi connectivity index (χ3n) is 8.02. The molecule has 3 aliphatic rings. The molecule has 186 valence electrons. The summed E-state index contributed by atoms with van der Waals surface area (Å²) >= 11 is 0. The quantitative estimate of drug-likeness (QED) is 0.582. The van der Waals surface area contributed by atoms with E-state index < -0.39 is 0 Å². The summed E-state index contributed by atoms with van der Waals surface area (Å²) in [5, 5.41) is 0. The maximum Gasteiger partial charge on any atom is 0.227 e. The Morgan fingerprint density at radius 3 is 1.85 bits per heavy atom. The number of hydrogen-bond acceptors (Lipinski definition) is 3. The average molecular weight is 458 g/mol. The average Bonchev–Trinajstić information content (AvgIpc) is 2.78. The van der Waals surface area contributed by atoms with Crippen LogP contribution in [0.5, 0.6) is 0 Å². The lowest BCUT2D eigenvalue weighted by Gasteiger charge is -2.40. The van der Waals surface area contributed by atoms with Crippen LogP contribution in [0.4, 0.5) is 0 Å². The van der Waals surface area contributed by atoms with Gasteiger partial charge in [-0.3, -0.25) is 14.5 Å². The van der Waals surface area contributed by atoms with Crippen molar-refractivity contribution in [2.75, 3.05) is 45.8 Å². The van der Waals surface area contributed by atoms with Gasteiger partial charge in [-0.2, -0.15) is 0 Å². The zero-order chi connectivity index (χ0) is 24.2. The molecule has 2 amide bonds. The van der Waals surface area contributed by atoms with E-state index in [4.69, 9.17) is 0 Å². The van der Waals surface area contributed by atoms with Gasteiger partial charge in [0.15, 0.2) is 0 Å². The normalized spacial score (nSPS) is 26.0. The van der Waals surface area contributed by atoms with Crippen LogP contribution in [0.15, 0.2) is 0 Å². The van der Waals surface area contributed by atoms with Gasteiger partial charge < -0.3 is 9.80 Å². The van der Waals surface area contributed by atoms with Gasteiger partial charge in [0.05, 0.1) is 6.54 Å². The summed E-state index contributed by atoms with van der Waals surface area (Å²) in [6.45, 7) is 19.0. The number of piperidine rings is 1. The molecular formula is C28H47N3O2. The summed E-state index contributed by atoms with van der Waals surface area (Å²) in [5.74, 6) is 8.90. The van der Waals surface area contributed by atoms with Crippen LogP contribution < -0.4 is 0 Å². The Morgan fingerprint density at radius 1 is 0.758 bits per heavy atom. The third-order valence-corrected chi connectivity index (χ3v) is 8.02. The SMILES string of the molecule is CC(C)(C)C(=O)N1CCC(C#CCN2CCN(C(=O)C3CCC(C(C)(C)C)CC3)CC2)CC1. The molecule has 0 atom stereocenters. The molecule has 0 spiro atoms. The second kappa shape index (κ2) is 10.8. The molecule has 0 N–H and O–H groups in total. The smallest absolute Gasteiger partial charge is 0.227 e. The molecule has 5 nitrogen and oxygen atoms in total. The highest BCUT2D eigenvalue weighted by molar-refractivity contribution is 5.81. The van der Waals surface area contributed by atoms with Crippen molar-refractivity contribution < 1.29 is 9.59 Å². The first-order chi connectivity index (χ1) is 15.4. The molecule has 1 aliphatic carbocycles. The minimum atomic E-state index is -0.298. The lowest BCUT2D eigenvalue weighted by Crippen LogP contribution is -2.50. The predicted molar refractivity (Wildman–Crippen MR) is 134 cm³/mol. The van der Waals surface area contributed by atoms with Crippen molar-refractivity contribution in [2.24, 2.45) is 28.6 Å². The number of piperazine rings is 1. The zero-order valence-corrected chi connectivity index (χ0v) is 22.1. The van der Waals surface area contributed by atoms with Gasteiger partial charge in [0.1, 0.15) is 0 Å². The van der Waals surface area contributed by atoms with Crippen LogP contribution in [0.1, 0.15) is 80.1 Å². The lowest BCUT2D eigenvalue weighted by molar-refractivity contribution is -0.140. The number of carbonyl (C=O) groups is 2. The largest absolute Gasteiger partial charge is 0.342 e. The van der Waals surface area contributed by atoms with E-state index in [2.05, 4.69) is 42.4 Å². The molecule has 0 aromatic heterocycles. The summed E-state index contributed by atoms with van der Waals surface area (Å²) in [7, 11) is 0. The first-order valence-corrected chi connectivity index (χ1v) is 13.2. The Balaban J connectivity index is 1.35. The molecule has 0 radical (unpaired) electrons. The minimum Gasteiger partial charge on any atom is -0.342 e. The van der Waals surface area contributed by atoms with Crippen LogP contribution in [0.2, 0.25) is 0 Å². The number of carbonyl (C=O) groups excluding carboxylic acids is 2. The molecule has 1 saturated carbocycles. The van der Waals surface area contributed by atoms with E-state index in [1.165, 1.54) is 12.8 Å². The monoisotopic (exact) mass is 457 g/mol. The second-order valence-corrected chi connectivity index (χ2v) is 12.7. The predicted octanol–water partition coefficient (Wildman–Crippen LogP) is 4.27. The van der Waals surface area contributed by atoms with Crippen molar-refractivity contribution in [2.45, 2.75) is 80.1 Å². The van der Waals surface area contributed by atoms with Crippen molar-refractivity contribution in [1.82, 2.24) is 14.7 Å². The van der Waals surface area contributed by atoms with Gasteiger partial charge in [-0.1, -0.05) is 53.4 Å². The molecule has 0 bridgehead atoms. The van der Waals surface area contributed by atoms with Crippen molar-refractivity contribution in [3.8, 4) is 11.8 Å². The molecule has 2 heterocycles. The lowest BCUT2D eigenvalue weighted by atomic mass is 9.69. The van der Waals surface area contributed by atoms with E-state index in [0.717, 1.165) is 77.4 Å². The number of amides is 2. The van der Waals surface area contributed by atoms with Gasteiger partial charge in [-0.25, -0.2) is 0 Å². The Hall–Kier alpha value is -1.54. The van der Waals surface area contributed by atoms with Gasteiger partial charge in [0, 0.05) is 56.5 Å². The number of nitrogens with zero attached hydrogens (tertiary/aromatic N) is 3. The maximum atomic E-state index is 13.0. The summed E-state index contributed by atoms with van der Waals surface area (Å²) in [6.07, 6.45) is 6.47. The van der Waals surface area contributed by atoms with Crippen LogP contribution in [0.3, 0.4) is 0 Å². The molecule has 3 fully saturated rings. The standard InChI is InChI=1S/C28H47N3O2/c1-27(2,3)24-11-9-23(10-12-24)25(32)30-20-18-29(19-21-30)15-7-8-22-13-16-31(17-14-22)26(33)28(4,5)6/h22-24H,9-21H2,1-6H3. The van der Waals surface area contributed by atoms with Crippen LogP contribution in [0, 0.1) is 40.4 Å². The van der Waals surface area contributed by atoms with Gasteiger partial charge in [0.2, 0.25) is 11.8 Å². The van der Waals surface area contributed by atoms with E-state index in [9.17, 15) is 9.59 Å². The fraction of sp³-hybridized carbons (Fsp3) is 0.857. The highest BCUT2D eigenvalue weighted by Gasteiger charge is 2.35. The number of hydrogen-bond donors (Lipinski definition) is 0. The van der Waals surface area contributed by atoms with E-state index >= 15 is 0 Å². The van der Waals surface area contributed by atoms with Crippen LogP contribution in [0.25, 0.3) is 0 Å². The van der Waals surface area contributed by atoms with Crippen LogP contribution in [-0.4, -0.2) is 72.3 Å². The van der Waals surface area contributed by atoms with E-state index in [1.54, 1.807) is 0 Å². The molecule has 0 aromatic rings. The highest BCUT2D eigenvalue weighted by Crippen LogP contribution is 2.40. The third kappa shape index (κ3) is 7.22. The van der Waals surface area contributed by atoms with Crippen molar-refractivity contribution in [3.63, 3.8) is 0 Å². The molecule has 5 heteroatoms. The second-order valence-electron chi connectivity index (χ2n) is 12.7. The maximum absolute atomic E-state index is 13.0. The van der Waals surface area contributed by atoms with Gasteiger partial charge in [0.25, 0.3) is 0 Å². The highest BCUT2D eigenvalue weighted by atomic mass is 16.2. The van der Waals surface area contributed by atoms with Gasteiger partial charge in [-0.05, 0) is 49.9 Å². The van der Waals surface area contributed by atoms with E-state index in [0.29, 0.717) is 17.2 Å². The fourth-order valence-electron chi connectivity index (χ4n) is 5.59. The van der Waals surface area contributed by atoms with Gasteiger partial charge in [-0.15, -0.1) is 0 Å². The first kappa shape index (κ1) is 26.1. The first-order valence-electron chi connectivity index (χ1n) is 13.2. The molecule has 3 rings (SSSR count). The minimum absolute atomic E-state index is 0.242. The molecular weight excluding hydrogens is 410 g/mol. The zero-order valence-electron chi connectivity index (χ0n) is 22.1. The van der Waals surface area contributed by atoms with Crippen molar-refractivity contribution >= 4 is 11.8 Å². The Labute approximate surface area is 202 Å². The van der Waals surface area contributed by atoms with E-state index in [1.807, 2.05) is 25.7 Å². The van der Waals surface area contributed by atoms with Crippen LogP contribution >= 0.6 is 0 Å². The number of likely N-dealkylation sites (tertiary alicyclic amines) is 1. The summed E-state index contributed by atoms with van der Waals surface area (Å²) < 4.78 is 0. The Morgan fingerprint density at radius 2 is 1.33 bits per heavy atom. The summed E-state index contributed by atoms with van der Waals surface area (Å²) in [4.78, 5) is 31.9. The van der Waals surface area contributed by atoms with Crippen molar-refractivity contribution in [3.05, 3.63) is 0 Å². The molecule has 33 heavy (non-hydrogen) atoms. The Bertz CT molecular complexity index is 728. The van der Waals surface area contributed by atoms with E-state index in [-0.39, 0.29) is 17.2 Å². The number of rotatable bonds is 2. The van der Waals surface area contributed by atoms with Crippen molar-refractivity contribution in [1.29, 1.82) is 0 Å². The van der Waals surface area contributed by atoms with Crippen LogP contribution in [-0.2, 0) is 9.59 Å². The van der Waals surface area contributed by atoms with Gasteiger partial charge >= 0.3 is 0 Å². The fourth-order valence-corrected chi connectivity index (χ4v) is 5.59. The molecule has 0 unspecified atom stereocenters. The summed E-state index contributed by atoms with van der Waals surface area (Å²) in [5.41, 5.74) is 0.0649. The molecule has 2 saturated heterocycles. The molecule has 2 aliphatic heterocycles. The summed E-state index contributed by atoms with van der Waals surface area (Å²) in [6, 6.07) is 0. The Kier molecular flexibility index (Phi) is 8.54. The topological polar surface area (TPSA) is 43.9 Å².